The first-order valence-electron chi connectivity index (χ1n) is 5.62. The Labute approximate surface area is 107 Å². The van der Waals surface area contributed by atoms with Crippen LogP contribution >= 0.6 is 0 Å². The lowest BCUT2D eigenvalue weighted by Gasteiger charge is -1.99. The zero-order chi connectivity index (χ0) is 13.8. The molecule has 0 saturated heterocycles. The standard InChI is InChI=1S/C12H11F2N3O2/c1-2-19-12(18)11-15-10(16-17-11)6-7-3-4-8(13)9(14)5-7/h3-5H,2,6H2,1H3,(H,15,16,17). The molecule has 0 saturated carbocycles. The number of H-pyrrole nitrogens is 1. The zero-order valence-corrected chi connectivity index (χ0v) is 10.1. The number of nitrogens with one attached hydrogen (secondary N) is 1. The van der Waals surface area contributed by atoms with Crippen molar-refractivity contribution in [2.45, 2.75) is 13.3 Å². The fourth-order valence-corrected chi connectivity index (χ4v) is 1.51. The second-order valence-corrected chi connectivity index (χ2v) is 3.77. The first-order chi connectivity index (χ1) is 9.10. The van der Waals surface area contributed by atoms with E-state index in [0.717, 1.165) is 12.1 Å². The molecule has 1 aromatic heterocycles. The van der Waals surface area contributed by atoms with Gasteiger partial charge in [0.25, 0.3) is 0 Å². The van der Waals surface area contributed by atoms with Crippen molar-refractivity contribution >= 4 is 5.97 Å². The van der Waals surface area contributed by atoms with E-state index in [1.165, 1.54) is 6.07 Å². The Balaban J connectivity index is 2.11. The van der Waals surface area contributed by atoms with Gasteiger partial charge in [0.2, 0.25) is 5.82 Å². The Morgan fingerprint density at radius 1 is 1.32 bits per heavy atom. The van der Waals surface area contributed by atoms with E-state index in [9.17, 15) is 13.6 Å². The number of hydrogen-bond acceptors (Lipinski definition) is 4. The van der Waals surface area contributed by atoms with Crippen molar-refractivity contribution in [1.29, 1.82) is 0 Å². The van der Waals surface area contributed by atoms with Gasteiger partial charge >= 0.3 is 5.97 Å². The molecular weight excluding hydrogens is 256 g/mol. The molecule has 1 aromatic carbocycles. The van der Waals surface area contributed by atoms with E-state index in [1.807, 2.05) is 0 Å². The highest BCUT2D eigenvalue weighted by Gasteiger charge is 2.13. The van der Waals surface area contributed by atoms with Crippen LogP contribution in [0.1, 0.15) is 28.9 Å². The van der Waals surface area contributed by atoms with Crippen LogP contribution in [0.15, 0.2) is 18.2 Å². The summed E-state index contributed by atoms with van der Waals surface area (Å²) in [7, 11) is 0. The summed E-state index contributed by atoms with van der Waals surface area (Å²) < 4.78 is 30.5. The minimum atomic E-state index is -0.928. The Morgan fingerprint density at radius 2 is 2.11 bits per heavy atom. The molecule has 7 heteroatoms. The molecule has 0 unspecified atom stereocenters. The predicted octanol–water partition coefficient (Wildman–Crippen LogP) is 1.85. The Hall–Kier alpha value is -2.31. The molecule has 100 valence electrons. The fraction of sp³-hybridized carbons (Fsp3) is 0.250. The molecule has 19 heavy (non-hydrogen) atoms. The summed E-state index contributed by atoms with van der Waals surface area (Å²) in [5.74, 6) is -2.09. The molecule has 2 aromatic rings. The third-order valence-corrected chi connectivity index (χ3v) is 2.36. The topological polar surface area (TPSA) is 67.9 Å². The van der Waals surface area contributed by atoms with Crippen LogP contribution in [0.3, 0.4) is 0 Å². The van der Waals surface area contributed by atoms with Crippen LogP contribution < -0.4 is 0 Å². The van der Waals surface area contributed by atoms with E-state index < -0.39 is 17.6 Å². The van der Waals surface area contributed by atoms with E-state index in [0.29, 0.717) is 11.4 Å². The number of aromatic nitrogens is 3. The molecule has 0 spiro atoms. The van der Waals surface area contributed by atoms with E-state index in [4.69, 9.17) is 4.74 Å². The van der Waals surface area contributed by atoms with Crippen molar-refractivity contribution < 1.29 is 18.3 Å². The molecule has 0 atom stereocenters. The van der Waals surface area contributed by atoms with Gasteiger partial charge in [-0.3, -0.25) is 0 Å². The van der Waals surface area contributed by atoms with E-state index >= 15 is 0 Å². The molecule has 0 radical (unpaired) electrons. The number of esters is 1. The quantitative estimate of drug-likeness (QED) is 0.858. The molecular formula is C12H11F2N3O2. The van der Waals surface area contributed by atoms with Crippen LogP contribution in [0.2, 0.25) is 0 Å². The third-order valence-electron chi connectivity index (χ3n) is 2.36. The van der Waals surface area contributed by atoms with Crippen molar-refractivity contribution in [2.75, 3.05) is 6.61 Å². The van der Waals surface area contributed by atoms with Crippen molar-refractivity contribution in [2.24, 2.45) is 0 Å². The number of hydrogen-bond donors (Lipinski definition) is 1. The molecule has 0 amide bonds. The number of nitrogens with zero attached hydrogens (tertiary/aromatic N) is 2. The van der Waals surface area contributed by atoms with Crippen LogP contribution in [-0.4, -0.2) is 27.8 Å². The van der Waals surface area contributed by atoms with Crippen LogP contribution in [0.5, 0.6) is 0 Å². The highest BCUT2D eigenvalue weighted by Crippen LogP contribution is 2.11. The minimum Gasteiger partial charge on any atom is -0.460 e. The van der Waals surface area contributed by atoms with Gasteiger partial charge in [0.1, 0.15) is 5.82 Å². The summed E-state index contributed by atoms with van der Waals surface area (Å²) in [6.07, 6.45) is 0.212. The normalized spacial score (nSPS) is 10.5. The molecule has 1 heterocycles. The first-order valence-corrected chi connectivity index (χ1v) is 5.62. The number of carbonyl (C=O) groups is 1. The van der Waals surface area contributed by atoms with Gasteiger partial charge in [-0.15, -0.1) is 10.2 Å². The molecule has 5 nitrogen and oxygen atoms in total. The average molecular weight is 267 g/mol. The molecule has 2 rings (SSSR count). The number of benzene rings is 1. The first kappa shape index (κ1) is 13.1. The summed E-state index contributed by atoms with van der Waals surface area (Å²) in [6.45, 7) is 1.91. The van der Waals surface area contributed by atoms with Gasteiger partial charge in [0.15, 0.2) is 11.6 Å². The lowest BCUT2D eigenvalue weighted by molar-refractivity contribution is 0.0512. The number of rotatable bonds is 4. The summed E-state index contributed by atoms with van der Waals surface area (Å²) >= 11 is 0. The third kappa shape index (κ3) is 3.12. The largest absolute Gasteiger partial charge is 0.460 e. The smallest absolute Gasteiger partial charge is 0.376 e. The zero-order valence-electron chi connectivity index (χ0n) is 10.1. The van der Waals surface area contributed by atoms with E-state index in [2.05, 4.69) is 15.2 Å². The highest BCUT2D eigenvalue weighted by molar-refractivity contribution is 5.84. The molecule has 1 N–H and O–H groups in total. The number of ether oxygens (including phenoxy) is 1. The summed E-state index contributed by atoms with van der Waals surface area (Å²) in [5.41, 5.74) is 0.519. The second kappa shape index (κ2) is 5.55. The monoisotopic (exact) mass is 267 g/mol. The van der Waals surface area contributed by atoms with Crippen molar-refractivity contribution in [3.8, 4) is 0 Å². The van der Waals surface area contributed by atoms with Gasteiger partial charge < -0.3 is 9.72 Å². The van der Waals surface area contributed by atoms with Gasteiger partial charge in [-0.2, -0.15) is 0 Å². The van der Waals surface area contributed by atoms with Crippen molar-refractivity contribution in [3.63, 3.8) is 0 Å². The number of aromatic amines is 1. The number of halogens is 2. The predicted molar refractivity (Wildman–Crippen MR) is 61.5 cm³/mol. The molecule has 0 bridgehead atoms. The van der Waals surface area contributed by atoms with Gasteiger partial charge in [0, 0.05) is 6.42 Å². The maximum atomic E-state index is 13.0. The maximum absolute atomic E-state index is 13.0. The van der Waals surface area contributed by atoms with Crippen molar-refractivity contribution in [1.82, 2.24) is 15.2 Å². The minimum absolute atomic E-state index is 0.0144. The van der Waals surface area contributed by atoms with E-state index in [1.54, 1.807) is 6.92 Å². The van der Waals surface area contributed by atoms with Gasteiger partial charge in [0.05, 0.1) is 6.61 Å². The van der Waals surface area contributed by atoms with Gasteiger partial charge in [-0.25, -0.2) is 13.6 Å². The Morgan fingerprint density at radius 3 is 2.79 bits per heavy atom. The average Bonchev–Trinajstić information content (AvgIpc) is 2.83. The summed E-state index contributed by atoms with van der Waals surface area (Å²) in [4.78, 5) is 14.0. The molecule has 0 fully saturated rings. The van der Waals surface area contributed by atoms with Crippen LogP contribution in [0.4, 0.5) is 8.78 Å². The lowest BCUT2D eigenvalue weighted by atomic mass is 10.1. The van der Waals surface area contributed by atoms with Gasteiger partial charge in [-0.1, -0.05) is 6.07 Å². The molecule has 0 aliphatic rings. The van der Waals surface area contributed by atoms with E-state index in [-0.39, 0.29) is 18.9 Å². The summed E-state index contributed by atoms with van der Waals surface area (Å²) in [6, 6.07) is 3.54. The van der Waals surface area contributed by atoms with Crippen molar-refractivity contribution in [3.05, 3.63) is 47.0 Å². The maximum Gasteiger partial charge on any atom is 0.376 e. The highest BCUT2D eigenvalue weighted by atomic mass is 19.2. The van der Waals surface area contributed by atoms with Crippen LogP contribution in [0, 0.1) is 11.6 Å². The van der Waals surface area contributed by atoms with Crippen LogP contribution in [-0.2, 0) is 11.2 Å². The Kier molecular flexibility index (Phi) is 3.84. The lowest BCUT2D eigenvalue weighted by Crippen LogP contribution is -2.06. The molecule has 0 aliphatic carbocycles. The number of carbonyl (C=O) groups excluding carboxylic acids is 1. The van der Waals surface area contributed by atoms with Crippen LogP contribution in [0.25, 0.3) is 0 Å². The SMILES string of the molecule is CCOC(=O)c1nnc(Cc2ccc(F)c(F)c2)[nH]1. The summed E-state index contributed by atoms with van der Waals surface area (Å²) in [5, 5.41) is 7.37. The Bertz CT molecular complexity index is 598. The van der Waals surface area contributed by atoms with Gasteiger partial charge in [-0.05, 0) is 24.6 Å². The second-order valence-electron chi connectivity index (χ2n) is 3.77. The fourth-order valence-electron chi connectivity index (χ4n) is 1.51. The molecule has 0 aliphatic heterocycles.